The maximum atomic E-state index is 12.3. The molecule has 1 aromatic heterocycles. The summed E-state index contributed by atoms with van der Waals surface area (Å²) in [6.45, 7) is 8.05. The van der Waals surface area contributed by atoms with E-state index in [0.717, 1.165) is 70.6 Å². The summed E-state index contributed by atoms with van der Waals surface area (Å²) in [5, 5.41) is 4.79. The van der Waals surface area contributed by atoms with Crippen LogP contribution in [0.15, 0.2) is 30.3 Å². The lowest BCUT2D eigenvalue weighted by Gasteiger charge is -2.20. The number of fused-ring (bicyclic) bond motifs is 1. The molecular formula is C22H30N4O. The molecule has 1 aromatic carbocycles. The van der Waals surface area contributed by atoms with Crippen molar-refractivity contribution in [2.75, 3.05) is 19.6 Å². The van der Waals surface area contributed by atoms with Crippen molar-refractivity contribution in [3.63, 3.8) is 0 Å². The van der Waals surface area contributed by atoms with Crippen molar-refractivity contribution in [1.82, 2.24) is 19.6 Å². The van der Waals surface area contributed by atoms with E-state index in [-0.39, 0.29) is 5.91 Å². The molecule has 2 aliphatic rings. The second kappa shape index (κ2) is 8.26. The highest BCUT2D eigenvalue weighted by Gasteiger charge is 2.20. The smallest absolute Gasteiger partial charge is 0.222 e. The molecule has 1 amide bonds. The number of carbonyl (C=O) groups is 1. The van der Waals surface area contributed by atoms with Gasteiger partial charge in [0, 0.05) is 52.1 Å². The Hall–Kier alpha value is -2.14. The second-order valence-corrected chi connectivity index (χ2v) is 7.93. The van der Waals surface area contributed by atoms with E-state index in [9.17, 15) is 4.79 Å². The number of benzene rings is 1. The number of hydrogen-bond donors (Lipinski definition) is 0. The molecule has 0 atom stereocenters. The van der Waals surface area contributed by atoms with E-state index >= 15 is 0 Å². The minimum absolute atomic E-state index is 0.289. The molecule has 1 saturated heterocycles. The van der Waals surface area contributed by atoms with Crippen LogP contribution in [-0.2, 0) is 30.8 Å². The maximum absolute atomic E-state index is 12.3. The van der Waals surface area contributed by atoms with Crippen LogP contribution in [0.4, 0.5) is 0 Å². The van der Waals surface area contributed by atoms with Crippen LogP contribution in [0.1, 0.15) is 48.2 Å². The number of likely N-dealkylation sites (tertiary alicyclic amines) is 1. The molecule has 0 radical (unpaired) electrons. The Morgan fingerprint density at radius 3 is 2.70 bits per heavy atom. The summed E-state index contributed by atoms with van der Waals surface area (Å²) in [7, 11) is 0. The van der Waals surface area contributed by atoms with Gasteiger partial charge in [0.15, 0.2) is 0 Å². The predicted molar refractivity (Wildman–Crippen MR) is 106 cm³/mol. The van der Waals surface area contributed by atoms with Crippen LogP contribution in [0.2, 0.25) is 0 Å². The summed E-state index contributed by atoms with van der Waals surface area (Å²) in [5.74, 6) is 0.289. The molecule has 0 bridgehead atoms. The highest BCUT2D eigenvalue weighted by molar-refractivity contribution is 5.76. The highest BCUT2D eigenvalue weighted by atomic mass is 16.2. The fourth-order valence-electron chi connectivity index (χ4n) is 4.23. The minimum atomic E-state index is 0.289. The zero-order valence-electron chi connectivity index (χ0n) is 16.4. The molecule has 5 nitrogen and oxygen atoms in total. The molecule has 3 heterocycles. The first-order valence-electron chi connectivity index (χ1n) is 10.3. The number of aryl methyl sites for hydroxylation is 3. The van der Waals surface area contributed by atoms with E-state index < -0.39 is 0 Å². The van der Waals surface area contributed by atoms with Gasteiger partial charge in [-0.2, -0.15) is 5.10 Å². The summed E-state index contributed by atoms with van der Waals surface area (Å²) in [5.41, 5.74) is 5.11. The van der Waals surface area contributed by atoms with E-state index in [1.54, 1.807) is 0 Å². The van der Waals surface area contributed by atoms with Crippen LogP contribution in [0.3, 0.4) is 0 Å². The predicted octanol–water partition coefficient (Wildman–Crippen LogP) is 3.15. The lowest BCUT2D eigenvalue weighted by molar-refractivity contribution is -0.130. The molecule has 0 saturated carbocycles. The lowest BCUT2D eigenvalue weighted by atomic mass is 10.1. The van der Waals surface area contributed by atoms with Gasteiger partial charge in [0.05, 0.1) is 11.4 Å². The van der Waals surface area contributed by atoms with Gasteiger partial charge in [-0.25, -0.2) is 0 Å². The van der Waals surface area contributed by atoms with Crippen LogP contribution in [0.5, 0.6) is 0 Å². The van der Waals surface area contributed by atoms with Gasteiger partial charge in [0.25, 0.3) is 0 Å². The summed E-state index contributed by atoms with van der Waals surface area (Å²) >= 11 is 0. The molecule has 0 aliphatic carbocycles. The summed E-state index contributed by atoms with van der Waals surface area (Å²) in [4.78, 5) is 16.8. The van der Waals surface area contributed by atoms with Crippen molar-refractivity contribution in [1.29, 1.82) is 0 Å². The maximum Gasteiger partial charge on any atom is 0.222 e. The number of amides is 1. The summed E-state index contributed by atoms with van der Waals surface area (Å²) in [6.07, 6.45) is 4.77. The molecule has 0 N–H and O–H groups in total. The Morgan fingerprint density at radius 1 is 1.07 bits per heavy atom. The van der Waals surface area contributed by atoms with Gasteiger partial charge < -0.3 is 4.90 Å². The molecule has 0 unspecified atom stereocenters. The number of rotatable bonds is 5. The zero-order valence-corrected chi connectivity index (χ0v) is 16.4. The fourth-order valence-corrected chi connectivity index (χ4v) is 4.23. The Morgan fingerprint density at radius 2 is 1.89 bits per heavy atom. The third-order valence-corrected chi connectivity index (χ3v) is 5.85. The third kappa shape index (κ3) is 4.41. The van der Waals surface area contributed by atoms with Gasteiger partial charge in [-0.05, 0) is 43.4 Å². The standard InChI is InChI=1S/C22H30N4O/c1-18-7-2-3-8-19(18)16-24-11-6-14-26-21(17-24)15-20(23-26)9-10-22(27)25-12-4-5-13-25/h2-3,7-8,15H,4-6,9-14,16-17H2,1H3. The quantitative estimate of drug-likeness (QED) is 0.816. The molecular weight excluding hydrogens is 336 g/mol. The monoisotopic (exact) mass is 366 g/mol. The van der Waals surface area contributed by atoms with Gasteiger partial charge in [-0.3, -0.25) is 14.4 Å². The average Bonchev–Trinajstić information content (AvgIpc) is 3.29. The molecule has 5 heteroatoms. The molecule has 144 valence electrons. The molecule has 0 spiro atoms. The number of carbonyl (C=O) groups excluding carboxylic acids is 1. The highest BCUT2D eigenvalue weighted by Crippen LogP contribution is 2.19. The lowest BCUT2D eigenvalue weighted by Crippen LogP contribution is -2.27. The number of aromatic nitrogens is 2. The van der Waals surface area contributed by atoms with E-state index in [1.165, 1.54) is 16.8 Å². The Balaban J connectivity index is 1.38. The number of hydrogen-bond acceptors (Lipinski definition) is 3. The fraction of sp³-hybridized carbons (Fsp3) is 0.545. The second-order valence-electron chi connectivity index (χ2n) is 7.93. The van der Waals surface area contributed by atoms with Crippen molar-refractivity contribution in [2.24, 2.45) is 0 Å². The van der Waals surface area contributed by atoms with Crippen LogP contribution in [-0.4, -0.2) is 45.1 Å². The first-order chi connectivity index (χ1) is 13.2. The molecule has 2 aromatic rings. The van der Waals surface area contributed by atoms with Crippen molar-refractivity contribution < 1.29 is 4.79 Å². The first-order valence-corrected chi connectivity index (χ1v) is 10.3. The first kappa shape index (κ1) is 18.2. The normalized spacial score (nSPS) is 17.7. The number of nitrogens with zero attached hydrogens (tertiary/aromatic N) is 4. The minimum Gasteiger partial charge on any atom is -0.343 e. The van der Waals surface area contributed by atoms with E-state index in [1.807, 2.05) is 4.90 Å². The van der Waals surface area contributed by atoms with E-state index in [0.29, 0.717) is 6.42 Å². The summed E-state index contributed by atoms with van der Waals surface area (Å²) < 4.78 is 2.16. The third-order valence-electron chi connectivity index (χ3n) is 5.85. The molecule has 27 heavy (non-hydrogen) atoms. The van der Waals surface area contributed by atoms with Crippen molar-refractivity contribution in [3.05, 3.63) is 52.8 Å². The van der Waals surface area contributed by atoms with Gasteiger partial charge in [0.1, 0.15) is 0 Å². The Bertz CT molecular complexity index is 791. The van der Waals surface area contributed by atoms with Crippen molar-refractivity contribution in [2.45, 2.75) is 58.7 Å². The average molecular weight is 367 g/mol. The molecule has 4 rings (SSSR count). The van der Waals surface area contributed by atoms with Crippen LogP contribution >= 0.6 is 0 Å². The Labute approximate surface area is 162 Å². The van der Waals surface area contributed by atoms with Crippen molar-refractivity contribution >= 4 is 5.91 Å². The van der Waals surface area contributed by atoms with E-state index in [2.05, 4.69) is 46.8 Å². The van der Waals surface area contributed by atoms with Crippen molar-refractivity contribution in [3.8, 4) is 0 Å². The van der Waals surface area contributed by atoms with Crippen LogP contribution in [0, 0.1) is 6.92 Å². The van der Waals surface area contributed by atoms with Gasteiger partial charge in [-0.15, -0.1) is 0 Å². The Kier molecular flexibility index (Phi) is 5.58. The summed E-state index contributed by atoms with van der Waals surface area (Å²) in [6, 6.07) is 10.9. The van der Waals surface area contributed by atoms with Crippen LogP contribution < -0.4 is 0 Å². The van der Waals surface area contributed by atoms with Gasteiger partial charge in [-0.1, -0.05) is 24.3 Å². The van der Waals surface area contributed by atoms with Crippen LogP contribution in [0.25, 0.3) is 0 Å². The van der Waals surface area contributed by atoms with Gasteiger partial charge in [0.2, 0.25) is 5.91 Å². The molecule has 1 fully saturated rings. The topological polar surface area (TPSA) is 41.4 Å². The zero-order chi connectivity index (χ0) is 18.6. The van der Waals surface area contributed by atoms with Gasteiger partial charge >= 0.3 is 0 Å². The largest absolute Gasteiger partial charge is 0.343 e. The van der Waals surface area contributed by atoms with E-state index in [4.69, 9.17) is 5.10 Å². The molecule has 2 aliphatic heterocycles. The SMILES string of the molecule is Cc1ccccc1CN1CCCn2nc(CCC(=O)N3CCCC3)cc2C1.